The molecule has 2 aromatic rings. The highest BCUT2D eigenvalue weighted by Gasteiger charge is 2.31. The third-order valence-electron chi connectivity index (χ3n) is 5.58. The van der Waals surface area contributed by atoms with Gasteiger partial charge in [0.1, 0.15) is 0 Å². The summed E-state index contributed by atoms with van der Waals surface area (Å²) < 4.78 is 5.35. The van der Waals surface area contributed by atoms with Crippen molar-refractivity contribution < 1.29 is 4.52 Å². The van der Waals surface area contributed by atoms with E-state index in [9.17, 15) is 0 Å². The van der Waals surface area contributed by atoms with Crippen molar-refractivity contribution in [2.75, 3.05) is 26.2 Å². The molecule has 0 radical (unpaired) electrons. The number of hydrogen-bond acceptors (Lipinski definition) is 5. The second kappa shape index (κ2) is 6.65. The summed E-state index contributed by atoms with van der Waals surface area (Å²) in [4.78, 5) is 9.51. The number of aryl methyl sites for hydroxylation is 2. The number of nitrogens with zero attached hydrogens (tertiary/aromatic N) is 4. The Morgan fingerprint density at radius 2 is 1.96 bits per heavy atom. The monoisotopic (exact) mass is 326 g/mol. The van der Waals surface area contributed by atoms with Gasteiger partial charge < -0.3 is 4.52 Å². The lowest BCUT2D eigenvalue weighted by Crippen LogP contribution is -2.48. The summed E-state index contributed by atoms with van der Waals surface area (Å²) in [6.07, 6.45) is 3.83. The van der Waals surface area contributed by atoms with Crippen LogP contribution >= 0.6 is 0 Å². The van der Waals surface area contributed by atoms with Crippen LogP contribution in [0.25, 0.3) is 0 Å². The van der Waals surface area contributed by atoms with E-state index in [-0.39, 0.29) is 6.04 Å². The average Bonchev–Trinajstić information content (AvgIpc) is 3.07. The van der Waals surface area contributed by atoms with Crippen LogP contribution in [0.1, 0.15) is 54.7 Å². The quantitative estimate of drug-likeness (QED) is 0.867. The molecule has 1 aliphatic heterocycles. The Morgan fingerprint density at radius 1 is 1.17 bits per heavy atom. The molecule has 0 bridgehead atoms. The van der Waals surface area contributed by atoms with Gasteiger partial charge in [-0.3, -0.25) is 9.80 Å². The van der Waals surface area contributed by atoms with Gasteiger partial charge in [0.05, 0.1) is 6.04 Å². The summed E-state index contributed by atoms with van der Waals surface area (Å²) in [6, 6.07) is 9.79. The Hall–Kier alpha value is -1.72. The van der Waals surface area contributed by atoms with Crippen molar-refractivity contribution >= 4 is 0 Å². The van der Waals surface area contributed by atoms with Crippen LogP contribution in [0.5, 0.6) is 0 Å². The van der Waals surface area contributed by atoms with Gasteiger partial charge in [-0.2, -0.15) is 4.98 Å². The smallest absolute Gasteiger partial charge is 0.243 e. The van der Waals surface area contributed by atoms with Gasteiger partial charge in [0.2, 0.25) is 5.89 Å². The third-order valence-corrected chi connectivity index (χ3v) is 5.58. The SMILES string of the molecule is Cc1noc([C@@H](C)N2CCN([C@@H]3CCCc4ccccc43)CC2)n1. The molecule has 5 nitrogen and oxygen atoms in total. The van der Waals surface area contributed by atoms with E-state index in [1.54, 1.807) is 11.1 Å². The first-order chi connectivity index (χ1) is 11.7. The number of benzene rings is 1. The van der Waals surface area contributed by atoms with E-state index >= 15 is 0 Å². The molecule has 1 aromatic carbocycles. The van der Waals surface area contributed by atoms with Gasteiger partial charge in [0.25, 0.3) is 0 Å². The molecule has 2 atom stereocenters. The van der Waals surface area contributed by atoms with Crippen LogP contribution in [-0.2, 0) is 6.42 Å². The molecule has 24 heavy (non-hydrogen) atoms. The lowest BCUT2D eigenvalue weighted by molar-refractivity contribution is 0.0581. The van der Waals surface area contributed by atoms with Crippen LogP contribution in [0.4, 0.5) is 0 Å². The average molecular weight is 326 g/mol. The van der Waals surface area contributed by atoms with Gasteiger partial charge in [-0.05, 0) is 44.2 Å². The molecular formula is C19H26N4O. The van der Waals surface area contributed by atoms with Crippen LogP contribution in [0.15, 0.2) is 28.8 Å². The Kier molecular flexibility index (Phi) is 4.37. The van der Waals surface area contributed by atoms with Crippen molar-refractivity contribution in [1.82, 2.24) is 19.9 Å². The molecule has 128 valence electrons. The molecule has 0 unspecified atom stereocenters. The lowest BCUT2D eigenvalue weighted by Gasteiger charge is -2.42. The van der Waals surface area contributed by atoms with E-state index in [0.29, 0.717) is 11.9 Å². The predicted molar refractivity (Wildman–Crippen MR) is 92.7 cm³/mol. The van der Waals surface area contributed by atoms with Crippen LogP contribution in [0, 0.1) is 6.92 Å². The molecule has 0 spiro atoms. The topological polar surface area (TPSA) is 45.4 Å². The van der Waals surface area contributed by atoms with Gasteiger partial charge in [-0.25, -0.2) is 0 Å². The Morgan fingerprint density at radius 3 is 2.71 bits per heavy atom. The molecule has 2 aliphatic rings. The van der Waals surface area contributed by atoms with Gasteiger partial charge in [0, 0.05) is 32.2 Å². The summed E-state index contributed by atoms with van der Waals surface area (Å²) >= 11 is 0. The molecule has 2 heterocycles. The number of hydrogen-bond donors (Lipinski definition) is 0. The first-order valence-corrected chi connectivity index (χ1v) is 9.08. The first kappa shape index (κ1) is 15.8. The molecule has 1 aliphatic carbocycles. The number of aromatic nitrogens is 2. The van der Waals surface area contributed by atoms with Gasteiger partial charge in [-0.15, -0.1) is 0 Å². The molecule has 0 N–H and O–H groups in total. The van der Waals surface area contributed by atoms with Crippen LogP contribution in [0.3, 0.4) is 0 Å². The Bertz CT molecular complexity index is 690. The van der Waals surface area contributed by atoms with Gasteiger partial charge in [0.15, 0.2) is 5.82 Å². The Balaban J connectivity index is 1.42. The normalized spacial score (nSPS) is 23.8. The second-order valence-electron chi connectivity index (χ2n) is 7.03. The zero-order chi connectivity index (χ0) is 16.5. The van der Waals surface area contributed by atoms with E-state index < -0.39 is 0 Å². The fourth-order valence-corrected chi connectivity index (χ4v) is 4.18. The number of fused-ring (bicyclic) bond motifs is 1. The largest absolute Gasteiger partial charge is 0.338 e. The summed E-state index contributed by atoms with van der Waals surface area (Å²) in [6.45, 7) is 8.37. The van der Waals surface area contributed by atoms with E-state index in [1.807, 2.05) is 6.92 Å². The second-order valence-corrected chi connectivity index (χ2v) is 7.03. The zero-order valence-corrected chi connectivity index (χ0v) is 14.6. The first-order valence-electron chi connectivity index (χ1n) is 9.08. The molecule has 4 rings (SSSR count). The minimum Gasteiger partial charge on any atom is -0.338 e. The highest BCUT2D eigenvalue weighted by Crippen LogP contribution is 2.35. The summed E-state index contributed by atoms with van der Waals surface area (Å²) in [5.74, 6) is 1.46. The van der Waals surface area contributed by atoms with E-state index in [1.165, 1.54) is 19.3 Å². The van der Waals surface area contributed by atoms with Crippen LogP contribution in [0.2, 0.25) is 0 Å². The van der Waals surface area contributed by atoms with Crippen molar-refractivity contribution in [3.8, 4) is 0 Å². The maximum atomic E-state index is 5.35. The molecule has 1 saturated heterocycles. The van der Waals surface area contributed by atoms with Crippen molar-refractivity contribution in [2.45, 2.75) is 45.2 Å². The third kappa shape index (κ3) is 2.98. The van der Waals surface area contributed by atoms with Crippen LogP contribution < -0.4 is 0 Å². The molecule has 0 amide bonds. The minimum absolute atomic E-state index is 0.201. The van der Waals surface area contributed by atoms with Crippen molar-refractivity contribution in [1.29, 1.82) is 0 Å². The predicted octanol–water partition coefficient (Wildman–Crippen LogP) is 3.13. The van der Waals surface area contributed by atoms with Gasteiger partial charge >= 0.3 is 0 Å². The zero-order valence-electron chi connectivity index (χ0n) is 14.6. The molecule has 5 heteroatoms. The Labute approximate surface area is 143 Å². The van der Waals surface area contributed by atoms with Crippen molar-refractivity contribution in [2.24, 2.45) is 0 Å². The van der Waals surface area contributed by atoms with E-state index in [4.69, 9.17) is 4.52 Å². The maximum Gasteiger partial charge on any atom is 0.243 e. The summed E-state index contributed by atoms with van der Waals surface area (Å²) in [7, 11) is 0. The number of piperazine rings is 1. The lowest BCUT2D eigenvalue weighted by atomic mass is 9.86. The van der Waals surface area contributed by atoms with E-state index in [0.717, 1.165) is 32.1 Å². The van der Waals surface area contributed by atoms with E-state index in [2.05, 4.69) is 51.1 Å². The minimum atomic E-state index is 0.201. The van der Waals surface area contributed by atoms with Crippen molar-refractivity contribution in [3.05, 3.63) is 47.1 Å². The fraction of sp³-hybridized carbons (Fsp3) is 0.579. The fourth-order valence-electron chi connectivity index (χ4n) is 4.18. The van der Waals surface area contributed by atoms with Crippen molar-refractivity contribution in [3.63, 3.8) is 0 Å². The maximum absolute atomic E-state index is 5.35. The molecule has 0 saturated carbocycles. The van der Waals surface area contributed by atoms with Crippen LogP contribution in [-0.4, -0.2) is 46.1 Å². The molecule has 1 aromatic heterocycles. The van der Waals surface area contributed by atoms with Gasteiger partial charge in [-0.1, -0.05) is 29.4 Å². The molecule has 1 fully saturated rings. The highest BCUT2D eigenvalue weighted by atomic mass is 16.5. The molecular weight excluding hydrogens is 300 g/mol. The summed E-state index contributed by atoms with van der Waals surface area (Å²) in [5.41, 5.74) is 3.10. The standard InChI is InChI=1S/C19H26N4O/c1-14(19-20-15(2)21-24-19)22-10-12-23(13-11-22)18-9-5-7-16-6-3-4-8-17(16)18/h3-4,6,8,14,18H,5,7,9-13H2,1-2H3/t14-,18-/m1/s1. The number of rotatable bonds is 3. The summed E-state index contributed by atoms with van der Waals surface area (Å²) in [5, 5.41) is 3.92. The highest BCUT2D eigenvalue weighted by molar-refractivity contribution is 5.32.